The molecular weight excluding hydrogens is 298 g/mol. The molecule has 2 rings (SSSR count). The van der Waals surface area contributed by atoms with Gasteiger partial charge in [-0.05, 0) is 45.0 Å². The van der Waals surface area contributed by atoms with Crippen molar-refractivity contribution in [2.24, 2.45) is 5.92 Å². The molecule has 24 heavy (non-hydrogen) atoms. The SMILES string of the molecule is C=CCC1(OC(=O)/C=C\c2ccccc2)CCCCC1CN(C)C. The van der Waals surface area contributed by atoms with Crippen LogP contribution >= 0.6 is 0 Å². The molecule has 3 heteroatoms. The van der Waals surface area contributed by atoms with Gasteiger partial charge in [0.2, 0.25) is 0 Å². The molecule has 0 amide bonds. The van der Waals surface area contributed by atoms with E-state index in [9.17, 15) is 4.79 Å². The zero-order valence-electron chi connectivity index (χ0n) is 14.9. The van der Waals surface area contributed by atoms with Gasteiger partial charge in [-0.25, -0.2) is 4.79 Å². The highest BCUT2D eigenvalue weighted by molar-refractivity contribution is 5.87. The lowest BCUT2D eigenvalue weighted by atomic mass is 9.73. The molecular formula is C21H29NO2. The number of hydrogen-bond donors (Lipinski definition) is 0. The van der Waals surface area contributed by atoms with Crippen molar-refractivity contribution in [2.75, 3.05) is 20.6 Å². The highest BCUT2D eigenvalue weighted by Gasteiger charge is 2.43. The number of nitrogens with zero attached hydrogens (tertiary/aromatic N) is 1. The minimum atomic E-state index is -0.414. The largest absolute Gasteiger partial charge is 0.455 e. The second kappa shape index (κ2) is 8.84. The van der Waals surface area contributed by atoms with E-state index in [0.29, 0.717) is 5.92 Å². The number of esters is 1. The Morgan fingerprint density at radius 2 is 2.08 bits per heavy atom. The van der Waals surface area contributed by atoms with E-state index < -0.39 is 5.60 Å². The first-order valence-electron chi connectivity index (χ1n) is 8.77. The average Bonchev–Trinajstić information content (AvgIpc) is 2.56. The van der Waals surface area contributed by atoms with Crippen molar-refractivity contribution in [3.8, 4) is 0 Å². The van der Waals surface area contributed by atoms with Gasteiger partial charge in [-0.2, -0.15) is 0 Å². The molecule has 130 valence electrons. The molecule has 0 bridgehead atoms. The molecule has 3 nitrogen and oxygen atoms in total. The molecule has 0 N–H and O–H groups in total. The van der Waals surface area contributed by atoms with Crippen LogP contribution in [0.5, 0.6) is 0 Å². The van der Waals surface area contributed by atoms with Crippen LogP contribution in [0.2, 0.25) is 0 Å². The fraction of sp³-hybridized carbons (Fsp3) is 0.476. The first-order valence-corrected chi connectivity index (χ1v) is 8.77. The van der Waals surface area contributed by atoms with Gasteiger partial charge in [-0.15, -0.1) is 6.58 Å². The molecule has 0 aliphatic heterocycles. The number of carbonyl (C=O) groups excluding carboxylic acids is 1. The second-order valence-corrected chi connectivity index (χ2v) is 6.93. The standard InChI is InChI=1S/C21H29NO2/c1-4-15-21(16-9-8-12-19(21)17-22(2)3)24-20(23)14-13-18-10-6-5-7-11-18/h4-7,10-11,13-14,19H,1,8-9,12,15-17H2,2-3H3/b14-13-. The number of hydrogen-bond acceptors (Lipinski definition) is 3. The molecule has 1 aromatic rings. The lowest BCUT2D eigenvalue weighted by molar-refractivity contribution is -0.165. The highest BCUT2D eigenvalue weighted by Crippen LogP contribution is 2.40. The average molecular weight is 327 g/mol. The monoisotopic (exact) mass is 327 g/mol. The maximum absolute atomic E-state index is 12.4. The first kappa shape index (κ1) is 18.5. The molecule has 1 aliphatic carbocycles. The third-order valence-corrected chi connectivity index (χ3v) is 4.74. The molecule has 2 atom stereocenters. The van der Waals surface area contributed by atoms with Gasteiger partial charge in [-0.1, -0.05) is 42.8 Å². The van der Waals surface area contributed by atoms with Gasteiger partial charge >= 0.3 is 5.97 Å². The van der Waals surface area contributed by atoms with Crippen LogP contribution in [0, 0.1) is 5.92 Å². The summed E-state index contributed by atoms with van der Waals surface area (Å²) in [6.45, 7) is 4.83. The summed E-state index contributed by atoms with van der Waals surface area (Å²) < 4.78 is 6.03. The van der Waals surface area contributed by atoms with E-state index in [1.54, 1.807) is 6.08 Å². The summed E-state index contributed by atoms with van der Waals surface area (Å²) >= 11 is 0. The van der Waals surface area contributed by atoms with Gasteiger partial charge in [0, 0.05) is 25.0 Å². The maximum atomic E-state index is 12.4. The zero-order chi connectivity index (χ0) is 17.4. The summed E-state index contributed by atoms with van der Waals surface area (Å²) in [7, 11) is 4.15. The van der Waals surface area contributed by atoms with E-state index in [0.717, 1.165) is 37.8 Å². The van der Waals surface area contributed by atoms with E-state index in [-0.39, 0.29) is 5.97 Å². The van der Waals surface area contributed by atoms with Gasteiger partial charge in [0.15, 0.2) is 0 Å². The fourth-order valence-electron chi connectivity index (χ4n) is 3.63. The Labute approximate surface area is 146 Å². The van der Waals surface area contributed by atoms with Crippen LogP contribution in [-0.2, 0) is 9.53 Å². The van der Waals surface area contributed by atoms with E-state index >= 15 is 0 Å². The zero-order valence-corrected chi connectivity index (χ0v) is 14.9. The number of rotatable bonds is 7. The molecule has 1 saturated carbocycles. The Hall–Kier alpha value is -1.87. The molecule has 0 radical (unpaired) electrons. The van der Waals surface area contributed by atoms with Crippen molar-refractivity contribution in [2.45, 2.75) is 37.7 Å². The number of carbonyl (C=O) groups is 1. The van der Waals surface area contributed by atoms with Crippen molar-refractivity contribution in [3.05, 3.63) is 54.6 Å². The summed E-state index contributed by atoms with van der Waals surface area (Å²) in [4.78, 5) is 14.6. The van der Waals surface area contributed by atoms with Crippen molar-refractivity contribution in [1.82, 2.24) is 4.90 Å². The molecule has 1 aliphatic rings. The minimum absolute atomic E-state index is 0.258. The topological polar surface area (TPSA) is 29.5 Å². The summed E-state index contributed by atoms with van der Waals surface area (Å²) in [5.74, 6) is 0.0969. The molecule has 1 aromatic carbocycles. The molecule has 0 spiro atoms. The summed E-state index contributed by atoms with van der Waals surface area (Å²) in [5.41, 5.74) is 0.586. The van der Waals surface area contributed by atoms with Gasteiger partial charge in [0.05, 0.1) is 0 Å². The molecule has 2 unspecified atom stereocenters. The Kier molecular flexibility index (Phi) is 6.80. The van der Waals surface area contributed by atoms with E-state index in [2.05, 4.69) is 25.6 Å². The van der Waals surface area contributed by atoms with E-state index in [1.807, 2.05) is 42.5 Å². The van der Waals surface area contributed by atoms with Crippen LogP contribution < -0.4 is 0 Å². The van der Waals surface area contributed by atoms with Crippen LogP contribution in [0.3, 0.4) is 0 Å². The normalized spacial score (nSPS) is 24.2. The third-order valence-electron chi connectivity index (χ3n) is 4.74. The molecule has 1 fully saturated rings. The van der Waals surface area contributed by atoms with Crippen LogP contribution in [0.25, 0.3) is 6.08 Å². The van der Waals surface area contributed by atoms with Crippen molar-refractivity contribution >= 4 is 12.0 Å². The quantitative estimate of drug-likeness (QED) is 0.424. The van der Waals surface area contributed by atoms with Crippen LogP contribution in [0.15, 0.2) is 49.1 Å². The molecule has 0 saturated heterocycles. The lowest BCUT2D eigenvalue weighted by Gasteiger charge is -2.44. The number of ether oxygens (including phenoxy) is 1. The van der Waals surface area contributed by atoms with Crippen molar-refractivity contribution in [1.29, 1.82) is 0 Å². The second-order valence-electron chi connectivity index (χ2n) is 6.93. The highest BCUT2D eigenvalue weighted by atomic mass is 16.6. The van der Waals surface area contributed by atoms with Gasteiger partial charge < -0.3 is 9.64 Å². The molecule has 0 aromatic heterocycles. The summed E-state index contributed by atoms with van der Waals surface area (Å²) in [6.07, 6.45) is 10.3. The Bertz CT molecular complexity index is 564. The van der Waals surface area contributed by atoms with Gasteiger partial charge in [0.25, 0.3) is 0 Å². The smallest absolute Gasteiger partial charge is 0.331 e. The predicted molar refractivity (Wildman–Crippen MR) is 99.6 cm³/mol. The predicted octanol–water partition coefficient (Wildman–Crippen LogP) is 4.31. The van der Waals surface area contributed by atoms with Crippen LogP contribution in [-0.4, -0.2) is 37.1 Å². The van der Waals surface area contributed by atoms with Crippen LogP contribution in [0.1, 0.15) is 37.7 Å². The summed E-state index contributed by atoms with van der Waals surface area (Å²) in [5, 5.41) is 0. The Balaban J connectivity index is 2.11. The van der Waals surface area contributed by atoms with Crippen molar-refractivity contribution in [3.63, 3.8) is 0 Å². The van der Waals surface area contributed by atoms with Gasteiger partial charge in [0.1, 0.15) is 5.60 Å². The first-order chi connectivity index (χ1) is 11.6. The maximum Gasteiger partial charge on any atom is 0.331 e. The molecule has 0 heterocycles. The summed E-state index contributed by atoms with van der Waals surface area (Å²) in [6, 6.07) is 9.82. The number of benzene rings is 1. The van der Waals surface area contributed by atoms with Crippen molar-refractivity contribution < 1.29 is 9.53 Å². The Morgan fingerprint density at radius 1 is 1.33 bits per heavy atom. The van der Waals surface area contributed by atoms with E-state index in [1.165, 1.54) is 6.42 Å². The minimum Gasteiger partial charge on any atom is -0.455 e. The van der Waals surface area contributed by atoms with Gasteiger partial charge in [-0.3, -0.25) is 0 Å². The fourth-order valence-corrected chi connectivity index (χ4v) is 3.63. The Morgan fingerprint density at radius 3 is 2.75 bits per heavy atom. The van der Waals surface area contributed by atoms with E-state index in [4.69, 9.17) is 4.74 Å². The van der Waals surface area contributed by atoms with Crippen LogP contribution in [0.4, 0.5) is 0 Å². The lowest BCUT2D eigenvalue weighted by Crippen LogP contribution is -2.48. The third kappa shape index (κ3) is 5.07.